The Morgan fingerprint density at radius 1 is 1.31 bits per heavy atom. The lowest BCUT2D eigenvalue weighted by atomic mass is 10.1. The molecule has 0 aliphatic carbocycles. The van der Waals surface area contributed by atoms with Crippen LogP contribution in [0.25, 0.3) is 10.1 Å². The van der Waals surface area contributed by atoms with E-state index in [-0.39, 0.29) is 10.3 Å². The van der Waals surface area contributed by atoms with Gasteiger partial charge >= 0.3 is 12.1 Å². The van der Waals surface area contributed by atoms with Gasteiger partial charge in [-0.15, -0.1) is 11.3 Å². The number of carboxylic acids is 1. The van der Waals surface area contributed by atoms with E-state index >= 15 is 0 Å². The van der Waals surface area contributed by atoms with Crippen LogP contribution in [0.4, 0.5) is 13.2 Å². The van der Waals surface area contributed by atoms with Gasteiger partial charge in [0.1, 0.15) is 4.88 Å². The highest BCUT2D eigenvalue weighted by atomic mass is 32.1. The summed E-state index contributed by atoms with van der Waals surface area (Å²) in [7, 11) is 0. The van der Waals surface area contributed by atoms with Crippen molar-refractivity contribution < 1.29 is 23.1 Å². The molecule has 0 saturated carbocycles. The lowest BCUT2D eigenvalue weighted by molar-refractivity contribution is -0.134. The van der Waals surface area contributed by atoms with Crippen LogP contribution in [0, 0.1) is 0 Å². The number of carbonyl (C=O) groups is 1. The number of carboxylic acid groups (broad SMARTS) is 1. The van der Waals surface area contributed by atoms with E-state index in [2.05, 4.69) is 0 Å². The smallest absolute Gasteiger partial charge is 0.425 e. The van der Waals surface area contributed by atoms with Crippen molar-refractivity contribution in [2.75, 3.05) is 0 Å². The number of benzene rings is 1. The molecule has 0 bridgehead atoms. The second-order valence-electron chi connectivity index (χ2n) is 3.14. The molecule has 1 aromatic heterocycles. The summed E-state index contributed by atoms with van der Waals surface area (Å²) in [5, 5.41) is 9.12. The van der Waals surface area contributed by atoms with Crippen LogP contribution in [0.2, 0.25) is 0 Å². The van der Waals surface area contributed by atoms with Gasteiger partial charge in [0.25, 0.3) is 0 Å². The zero-order valence-electron chi connectivity index (χ0n) is 7.71. The van der Waals surface area contributed by atoms with Gasteiger partial charge in [0.05, 0.1) is 5.56 Å². The summed E-state index contributed by atoms with van der Waals surface area (Å²) in [6.07, 6.45) is -4.43. The molecule has 16 heavy (non-hydrogen) atoms. The quantitative estimate of drug-likeness (QED) is 0.834. The zero-order valence-corrected chi connectivity index (χ0v) is 8.52. The van der Waals surface area contributed by atoms with Crippen molar-refractivity contribution in [3.8, 4) is 0 Å². The van der Waals surface area contributed by atoms with Crippen molar-refractivity contribution in [2.45, 2.75) is 6.18 Å². The van der Waals surface area contributed by atoms with E-state index in [1.54, 1.807) is 0 Å². The van der Waals surface area contributed by atoms with Crippen molar-refractivity contribution in [3.63, 3.8) is 0 Å². The number of fused-ring (bicyclic) bond motifs is 1. The highest BCUT2D eigenvalue weighted by molar-refractivity contribution is 7.19. The number of hydrogen-bond donors (Lipinski definition) is 1. The minimum Gasteiger partial charge on any atom is -0.478 e. The van der Waals surface area contributed by atoms with Crippen LogP contribution >= 0.6 is 11.3 Å². The molecule has 0 unspecified atom stereocenters. The predicted molar refractivity (Wildman–Crippen MR) is 53.8 cm³/mol. The molecule has 1 N–H and O–H groups in total. The van der Waals surface area contributed by atoms with Crippen LogP contribution in [-0.4, -0.2) is 11.1 Å². The van der Waals surface area contributed by atoms with Crippen LogP contribution in [0.15, 0.2) is 24.3 Å². The normalized spacial score (nSPS) is 11.9. The van der Waals surface area contributed by atoms with Crippen LogP contribution in [0.5, 0.6) is 0 Å². The highest BCUT2D eigenvalue weighted by Crippen LogP contribution is 2.39. The molecule has 6 heteroatoms. The Balaban J connectivity index is 2.71. The number of hydrogen-bond acceptors (Lipinski definition) is 2. The lowest BCUT2D eigenvalue weighted by Crippen LogP contribution is -2.00. The van der Waals surface area contributed by atoms with Crippen molar-refractivity contribution >= 4 is 27.4 Å². The van der Waals surface area contributed by atoms with E-state index in [0.717, 1.165) is 6.07 Å². The monoisotopic (exact) mass is 246 g/mol. The molecule has 0 amide bonds. The van der Waals surface area contributed by atoms with Gasteiger partial charge in [-0.25, -0.2) is 4.79 Å². The summed E-state index contributed by atoms with van der Waals surface area (Å²) in [5.74, 6) is -1.22. The first kappa shape index (κ1) is 10.9. The van der Waals surface area contributed by atoms with Gasteiger partial charge in [-0.2, -0.15) is 13.2 Å². The molecule has 0 aliphatic rings. The fourth-order valence-corrected chi connectivity index (χ4v) is 2.40. The summed E-state index contributed by atoms with van der Waals surface area (Å²) >= 11 is 0.453. The highest BCUT2D eigenvalue weighted by Gasteiger charge is 2.33. The zero-order chi connectivity index (χ0) is 11.9. The third-order valence-electron chi connectivity index (χ3n) is 2.05. The third kappa shape index (κ3) is 1.76. The molecule has 0 radical (unpaired) electrons. The van der Waals surface area contributed by atoms with Gasteiger partial charge in [0.15, 0.2) is 0 Å². The van der Waals surface area contributed by atoms with E-state index in [0.29, 0.717) is 16.7 Å². The first-order valence-corrected chi connectivity index (χ1v) is 5.04. The minimum atomic E-state index is -4.43. The Morgan fingerprint density at radius 3 is 2.56 bits per heavy atom. The fraction of sp³-hybridized carbons (Fsp3) is 0.100. The average Bonchev–Trinajstić information content (AvgIpc) is 2.59. The van der Waals surface area contributed by atoms with Crippen molar-refractivity contribution in [2.24, 2.45) is 0 Å². The molecule has 1 heterocycles. The molecular formula is C10H5F3O2S. The fourth-order valence-electron chi connectivity index (χ4n) is 1.37. The Labute approximate surface area is 91.9 Å². The first-order chi connectivity index (χ1) is 7.39. The van der Waals surface area contributed by atoms with Crippen LogP contribution in [0.1, 0.15) is 15.2 Å². The number of thiophene rings is 1. The van der Waals surface area contributed by atoms with Gasteiger partial charge in [0.2, 0.25) is 0 Å². The maximum atomic E-state index is 12.4. The largest absolute Gasteiger partial charge is 0.478 e. The second kappa shape index (κ2) is 3.48. The predicted octanol–water partition coefficient (Wildman–Crippen LogP) is 3.62. The second-order valence-corrected chi connectivity index (χ2v) is 4.19. The van der Waals surface area contributed by atoms with E-state index in [4.69, 9.17) is 5.11 Å². The van der Waals surface area contributed by atoms with Gasteiger partial charge in [0, 0.05) is 4.70 Å². The molecule has 2 rings (SSSR count). The molecule has 0 atom stereocenters. The van der Waals surface area contributed by atoms with Gasteiger partial charge in [-0.1, -0.05) is 12.1 Å². The standard InChI is InChI=1S/C10H5F3O2S/c11-10(12,13)7-4-5-2-1-3-6(9(14)15)8(5)16-7/h1-4H,(H,14,15). The molecule has 84 valence electrons. The molecular weight excluding hydrogens is 241 g/mol. The summed E-state index contributed by atoms with van der Waals surface area (Å²) in [6, 6.07) is 5.15. The van der Waals surface area contributed by atoms with Gasteiger partial charge in [-0.3, -0.25) is 0 Å². The molecule has 1 aromatic carbocycles. The third-order valence-corrected chi connectivity index (χ3v) is 3.28. The summed E-state index contributed by atoms with van der Waals surface area (Å²) in [4.78, 5) is 10.0. The number of aromatic carboxylic acids is 1. The van der Waals surface area contributed by atoms with E-state index in [9.17, 15) is 18.0 Å². The summed E-state index contributed by atoms with van der Waals surface area (Å²) in [6.45, 7) is 0. The SMILES string of the molecule is O=C(O)c1cccc2cc(C(F)(F)F)sc12. The number of alkyl halides is 3. The molecule has 0 saturated heterocycles. The minimum absolute atomic E-state index is 0.0991. The molecule has 2 nitrogen and oxygen atoms in total. The summed E-state index contributed by atoms with van der Waals surface area (Å²) < 4.78 is 37.4. The molecule has 0 fully saturated rings. The van der Waals surface area contributed by atoms with Crippen molar-refractivity contribution in [3.05, 3.63) is 34.7 Å². The Bertz CT molecular complexity index is 557. The maximum Gasteiger partial charge on any atom is 0.425 e. The van der Waals surface area contributed by atoms with Crippen LogP contribution in [0.3, 0.4) is 0 Å². The van der Waals surface area contributed by atoms with Gasteiger partial charge < -0.3 is 5.11 Å². The molecule has 0 spiro atoms. The number of rotatable bonds is 1. The van der Waals surface area contributed by atoms with E-state index < -0.39 is 17.0 Å². The average molecular weight is 246 g/mol. The summed E-state index contributed by atoms with van der Waals surface area (Å²) in [5.41, 5.74) is -0.0991. The molecule has 2 aromatic rings. The van der Waals surface area contributed by atoms with Crippen LogP contribution < -0.4 is 0 Å². The Kier molecular flexibility index (Phi) is 2.38. The number of halogens is 3. The Hall–Kier alpha value is -1.56. The van der Waals surface area contributed by atoms with Gasteiger partial charge in [-0.05, 0) is 17.5 Å². The topological polar surface area (TPSA) is 37.3 Å². The maximum absolute atomic E-state index is 12.4. The lowest BCUT2D eigenvalue weighted by Gasteiger charge is -2.00. The molecule has 0 aliphatic heterocycles. The Morgan fingerprint density at radius 2 is 2.00 bits per heavy atom. The van der Waals surface area contributed by atoms with Crippen molar-refractivity contribution in [1.82, 2.24) is 0 Å². The van der Waals surface area contributed by atoms with E-state index in [1.165, 1.54) is 18.2 Å². The van der Waals surface area contributed by atoms with Crippen molar-refractivity contribution in [1.29, 1.82) is 0 Å². The van der Waals surface area contributed by atoms with Crippen LogP contribution in [-0.2, 0) is 6.18 Å². The first-order valence-electron chi connectivity index (χ1n) is 4.22. The van der Waals surface area contributed by atoms with E-state index in [1.807, 2.05) is 0 Å².